The van der Waals surface area contributed by atoms with Crippen LogP contribution in [0.15, 0.2) is 194 Å². The van der Waals surface area contributed by atoms with Crippen LogP contribution in [-0.2, 0) is 34.5 Å². The number of phenols is 2. The predicted molar refractivity (Wildman–Crippen MR) is 370 cm³/mol. The van der Waals surface area contributed by atoms with Crippen molar-refractivity contribution in [3.8, 4) is 67.5 Å². The van der Waals surface area contributed by atoms with E-state index in [1.165, 1.54) is 33.0 Å². The Kier molecular flexibility index (Phi) is 15.5. The van der Waals surface area contributed by atoms with E-state index in [1.54, 1.807) is 0 Å². The van der Waals surface area contributed by atoms with Gasteiger partial charge in [0.05, 0.1) is 11.0 Å². The van der Waals surface area contributed by atoms with Crippen molar-refractivity contribution in [1.29, 1.82) is 0 Å². The van der Waals surface area contributed by atoms with Crippen molar-refractivity contribution in [2.75, 3.05) is 0 Å². The van der Waals surface area contributed by atoms with Gasteiger partial charge in [-0.15, -0.1) is 0 Å². The first kappa shape index (κ1) is 59.3. The Morgan fingerprint density at radius 1 is 0.364 bits per heavy atom. The number of benzene rings is 10. The minimum absolute atomic E-state index is 0.00848. The zero-order chi connectivity index (χ0) is 62.0. The van der Waals surface area contributed by atoms with Crippen molar-refractivity contribution in [2.24, 2.45) is 0 Å². The van der Waals surface area contributed by atoms with Crippen LogP contribution in [0.4, 0.5) is 0 Å². The van der Waals surface area contributed by atoms with Crippen LogP contribution in [-0.4, -0.2) is 26.5 Å². The average Bonchev–Trinajstić information content (AvgIpc) is 1.77. The molecule has 2 heterocycles. The lowest BCUT2D eigenvalue weighted by atomic mass is 9.83. The highest BCUT2D eigenvalue weighted by atomic mass is 16.7. The Balaban J connectivity index is 0.911. The van der Waals surface area contributed by atoms with Gasteiger partial charge in [0.25, 0.3) is 0 Å². The standard InChI is InChI=1S/C82H84N2O4/c1-14-23-74(87-72-38-32-52(42-54(72)40-50-24-17-15-18-25-50)60-28-21-30-62(77(60)85)66-46-58(81(8,9)10)48-68-64-44-56(79(2,3)4)34-36-70(64)83-75(66)68)88-73-39-33-53(43-55(73)41-51-26-19-16-20-27-51)61-29-22-31-63(78(61)86)67-47-59(82(11,12)13)49-69-65-45-57(80(5,6)7)35-37-71(65)84-76(67)69/h15-22,24-39,42-49,74,83-86H,14,23,40-41H2,1-13H3. The number of aromatic hydroxyl groups is 2. The van der Waals surface area contributed by atoms with Gasteiger partial charge in [-0.25, -0.2) is 0 Å². The highest BCUT2D eigenvalue weighted by Crippen LogP contribution is 2.48. The zero-order valence-corrected chi connectivity index (χ0v) is 53.6. The molecule has 88 heavy (non-hydrogen) atoms. The molecule has 0 aliphatic heterocycles. The SMILES string of the molecule is CCCC(Oc1ccc(-c2cccc(-c3cc(C(C)(C)C)cc4c3[nH]c3ccc(C(C)(C)C)cc34)c2O)cc1Cc1ccccc1)Oc1ccc(-c2cccc(-c3cc(C(C)(C)C)cc4c3[nH]c3ccc(C(C)(C)C)cc34)c2O)cc1Cc1ccccc1. The van der Waals surface area contributed by atoms with Crippen LogP contribution in [0.25, 0.3) is 88.1 Å². The molecule has 0 aliphatic carbocycles. The number of rotatable bonds is 14. The van der Waals surface area contributed by atoms with E-state index in [0.29, 0.717) is 30.8 Å². The smallest absolute Gasteiger partial charge is 0.241 e. The van der Waals surface area contributed by atoms with E-state index in [1.807, 2.05) is 48.5 Å². The Morgan fingerprint density at radius 3 is 1.11 bits per heavy atom. The quantitative estimate of drug-likeness (QED) is 0.0817. The van der Waals surface area contributed by atoms with Crippen LogP contribution in [0.5, 0.6) is 23.0 Å². The number of nitrogens with one attached hydrogen (secondary N) is 2. The number of para-hydroxylation sites is 2. The third-order valence-corrected chi connectivity index (χ3v) is 17.8. The van der Waals surface area contributed by atoms with E-state index in [0.717, 1.165) is 106 Å². The largest absolute Gasteiger partial charge is 0.507 e. The molecule has 0 saturated heterocycles. The maximum absolute atomic E-state index is 12.7. The molecular formula is C82H84N2O4. The van der Waals surface area contributed by atoms with Gasteiger partial charge in [0.2, 0.25) is 6.29 Å². The number of hydrogen-bond acceptors (Lipinski definition) is 4. The number of fused-ring (bicyclic) bond motifs is 6. The van der Waals surface area contributed by atoms with Gasteiger partial charge >= 0.3 is 0 Å². The molecule has 4 N–H and O–H groups in total. The van der Waals surface area contributed by atoms with E-state index in [2.05, 4.69) is 246 Å². The summed E-state index contributed by atoms with van der Waals surface area (Å²) in [7, 11) is 0. The van der Waals surface area contributed by atoms with E-state index in [4.69, 9.17) is 9.47 Å². The fraction of sp³-hybridized carbons (Fsp3) is 0.268. The summed E-state index contributed by atoms with van der Waals surface area (Å²) in [6.45, 7) is 29.2. The highest BCUT2D eigenvalue weighted by molar-refractivity contribution is 6.14. The number of aromatic amines is 2. The van der Waals surface area contributed by atoms with Crippen LogP contribution in [0.1, 0.15) is 147 Å². The van der Waals surface area contributed by atoms with Crippen molar-refractivity contribution in [3.05, 3.63) is 239 Å². The number of ether oxygens (including phenoxy) is 2. The monoisotopic (exact) mass is 1160 g/mol. The van der Waals surface area contributed by atoms with Crippen LogP contribution in [0.2, 0.25) is 0 Å². The molecule has 0 unspecified atom stereocenters. The summed E-state index contributed by atoms with van der Waals surface area (Å²) in [4.78, 5) is 7.56. The molecule has 446 valence electrons. The summed E-state index contributed by atoms with van der Waals surface area (Å²) in [5, 5.41) is 30.0. The van der Waals surface area contributed by atoms with Crippen LogP contribution < -0.4 is 9.47 Å². The molecule has 0 atom stereocenters. The molecule has 6 nitrogen and oxygen atoms in total. The molecule has 0 bridgehead atoms. The molecular weight excluding hydrogens is 1080 g/mol. The molecule has 2 aromatic heterocycles. The molecule has 12 aromatic rings. The summed E-state index contributed by atoms with van der Waals surface area (Å²) in [6.07, 6.45) is 2.01. The summed E-state index contributed by atoms with van der Waals surface area (Å²) in [5.74, 6) is 1.87. The van der Waals surface area contributed by atoms with Crippen molar-refractivity contribution in [3.63, 3.8) is 0 Å². The lowest BCUT2D eigenvalue weighted by Gasteiger charge is -2.24. The van der Waals surface area contributed by atoms with E-state index < -0.39 is 6.29 Å². The molecule has 6 heteroatoms. The molecule has 0 saturated carbocycles. The van der Waals surface area contributed by atoms with Gasteiger partial charge in [-0.1, -0.05) is 211 Å². The Labute approximate surface area is 520 Å². The predicted octanol–water partition coefficient (Wildman–Crippen LogP) is 22.0. The van der Waals surface area contributed by atoms with E-state index >= 15 is 0 Å². The summed E-state index contributed by atoms with van der Waals surface area (Å²) in [5.41, 5.74) is 19.8. The minimum Gasteiger partial charge on any atom is -0.507 e. The van der Waals surface area contributed by atoms with Gasteiger partial charge in [0, 0.05) is 85.2 Å². The van der Waals surface area contributed by atoms with Crippen LogP contribution in [0, 0.1) is 0 Å². The lowest BCUT2D eigenvalue weighted by molar-refractivity contribution is -0.00226. The first-order valence-electron chi connectivity index (χ1n) is 31.4. The average molecular weight is 1160 g/mol. The second-order valence-electron chi connectivity index (χ2n) is 28.5. The Bertz CT molecular complexity index is 4280. The van der Waals surface area contributed by atoms with Gasteiger partial charge in [-0.05, 0) is 157 Å². The number of H-pyrrole nitrogens is 2. The second kappa shape index (κ2) is 22.9. The fourth-order valence-corrected chi connectivity index (χ4v) is 12.5. The fourth-order valence-electron chi connectivity index (χ4n) is 12.5. The minimum atomic E-state index is -0.638. The van der Waals surface area contributed by atoms with Gasteiger partial charge in [-0.3, -0.25) is 0 Å². The number of aromatic nitrogens is 2. The molecule has 10 aromatic carbocycles. The molecule has 0 amide bonds. The second-order valence-corrected chi connectivity index (χ2v) is 28.5. The lowest BCUT2D eigenvalue weighted by Crippen LogP contribution is -2.25. The first-order valence-corrected chi connectivity index (χ1v) is 31.4. The van der Waals surface area contributed by atoms with Crippen molar-refractivity contribution in [1.82, 2.24) is 9.97 Å². The summed E-state index contributed by atoms with van der Waals surface area (Å²) < 4.78 is 14.2. The molecule has 0 radical (unpaired) electrons. The maximum atomic E-state index is 12.7. The third-order valence-electron chi connectivity index (χ3n) is 17.8. The van der Waals surface area contributed by atoms with Gasteiger partial charge in [0.15, 0.2) is 0 Å². The van der Waals surface area contributed by atoms with Crippen molar-refractivity contribution in [2.45, 2.75) is 144 Å². The number of hydrogen-bond donors (Lipinski definition) is 4. The third kappa shape index (κ3) is 11.8. The Morgan fingerprint density at radius 2 is 0.739 bits per heavy atom. The zero-order valence-electron chi connectivity index (χ0n) is 53.6. The first-order chi connectivity index (χ1) is 41.9. The van der Waals surface area contributed by atoms with Crippen LogP contribution in [0.3, 0.4) is 0 Å². The van der Waals surface area contributed by atoms with Gasteiger partial charge < -0.3 is 29.7 Å². The highest BCUT2D eigenvalue weighted by Gasteiger charge is 2.27. The summed E-state index contributed by atoms with van der Waals surface area (Å²) >= 11 is 0. The topological polar surface area (TPSA) is 90.5 Å². The normalized spacial score (nSPS) is 12.5. The molecule has 0 spiro atoms. The van der Waals surface area contributed by atoms with Gasteiger partial charge in [0.1, 0.15) is 23.0 Å². The van der Waals surface area contributed by atoms with Crippen molar-refractivity contribution < 1.29 is 19.7 Å². The maximum Gasteiger partial charge on any atom is 0.241 e. The van der Waals surface area contributed by atoms with Gasteiger partial charge in [-0.2, -0.15) is 0 Å². The van der Waals surface area contributed by atoms with E-state index in [-0.39, 0.29) is 33.2 Å². The Hall–Kier alpha value is -9.00. The van der Waals surface area contributed by atoms with Crippen LogP contribution >= 0.6 is 0 Å². The number of phenolic OH excluding ortho intramolecular Hbond substituents is 2. The summed E-state index contributed by atoms with van der Waals surface area (Å²) in [6, 6.07) is 68.4. The molecule has 0 aliphatic rings. The molecule has 0 fully saturated rings. The van der Waals surface area contributed by atoms with Crippen molar-refractivity contribution >= 4 is 43.6 Å². The molecule has 12 rings (SSSR count). The van der Waals surface area contributed by atoms with E-state index in [9.17, 15) is 10.2 Å².